The van der Waals surface area contributed by atoms with Gasteiger partial charge in [0.15, 0.2) is 5.65 Å². The van der Waals surface area contributed by atoms with Gasteiger partial charge in [-0.3, -0.25) is 9.78 Å². The molecule has 3 aromatic heterocycles. The summed E-state index contributed by atoms with van der Waals surface area (Å²) in [7, 11) is 0. The highest BCUT2D eigenvalue weighted by molar-refractivity contribution is 5.71. The SMILES string of the molecule is Cc1ccc(=O)n(CC2CN(c3ccc4nccnc4n3)C2)n1. The molecular formula is C16H16N6O. The van der Waals surface area contributed by atoms with Crippen LogP contribution in [0.15, 0.2) is 41.5 Å². The maximum absolute atomic E-state index is 11.8. The van der Waals surface area contributed by atoms with Crippen molar-refractivity contribution in [2.75, 3.05) is 18.0 Å². The predicted molar refractivity (Wildman–Crippen MR) is 86.3 cm³/mol. The summed E-state index contributed by atoms with van der Waals surface area (Å²) < 4.78 is 1.55. The van der Waals surface area contributed by atoms with E-state index in [4.69, 9.17) is 0 Å². The zero-order chi connectivity index (χ0) is 15.8. The fourth-order valence-corrected chi connectivity index (χ4v) is 2.82. The summed E-state index contributed by atoms with van der Waals surface area (Å²) in [6.07, 6.45) is 3.31. The van der Waals surface area contributed by atoms with E-state index < -0.39 is 0 Å². The summed E-state index contributed by atoms with van der Waals surface area (Å²) in [6, 6.07) is 7.21. The van der Waals surface area contributed by atoms with Gasteiger partial charge in [0.2, 0.25) is 0 Å². The Kier molecular flexibility index (Phi) is 3.25. The molecule has 0 saturated carbocycles. The van der Waals surface area contributed by atoms with Gasteiger partial charge in [0.05, 0.1) is 12.2 Å². The molecule has 116 valence electrons. The third-order valence-electron chi connectivity index (χ3n) is 4.03. The summed E-state index contributed by atoms with van der Waals surface area (Å²) >= 11 is 0. The lowest BCUT2D eigenvalue weighted by Gasteiger charge is -2.40. The fraction of sp³-hybridized carbons (Fsp3) is 0.312. The first-order chi connectivity index (χ1) is 11.2. The number of aryl methyl sites for hydroxylation is 1. The van der Waals surface area contributed by atoms with Gasteiger partial charge in [0.1, 0.15) is 11.3 Å². The smallest absolute Gasteiger partial charge is 0.266 e. The van der Waals surface area contributed by atoms with Crippen LogP contribution < -0.4 is 10.5 Å². The molecule has 0 unspecified atom stereocenters. The van der Waals surface area contributed by atoms with E-state index >= 15 is 0 Å². The minimum absolute atomic E-state index is 0.0480. The van der Waals surface area contributed by atoms with Crippen molar-refractivity contribution in [2.24, 2.45) is 5.92 Å². The van der Waals surface area contributed by atoms with Crippen LogP contribution in [0.4, 0.5) is 5.82 Å². The van der Waals surface area contributed by atoms with E-state index in [-0.39, 0.29) is 5.56 Å². The zero-order valence-electron chi connectivity index (χ0n) is 12.8. The molecule has 3 aromatic rings. The van der Waals surface area contributed by atoms with Crippen molar-refractivity contribution in [1.29, 1.82) is 0 Å². The van der Waals surface area contributed by atoms with Crippen LogP contribution in [-0.2, 0) is 6.54 Å². The number of nitrogens with zero attached hydrogens (tertiary/aromatic N) is 6. The first-order valence-electron chi connectivity index (χ1n) is 7.56. The molecule has 0 aromatic carbocycles. The largest absolute Gasteiger partial charge is 0.356 e. The molecule has 0 aliphatic carbocycles. The summed E-state index contributed by atoms with van der Waals surface area (Å²) in [5.74, 6) is 1.31. The highest BCUT2D eigenvalue weighted by atomic mass is 16.1. The lowest BCUT2D eigenvalue weighted by atomic mass is 10.0. The van der Waals surface area contributed by atoms with E-state index in [9.17, 15) is 4.79 Å². The second-order valence-electron chi connectivity index (χ2n) is 5.83. The van der Waals surface area contributed by atoms with Gasteiger partial charge in [-0.1, -0.05) is 0 Å². The van der Waals surface area contributed by atoms with E-state index in [1.165, 1.54) is 0 Å². The summed E-state index contributed by atoms with van der Waals surface area (Å²) in [5.41, 5.74) is 2.26. The molecule has 0 atom stereocenters. The highest BCUT2D eigenvalue weighted by Gasteiger charge is 2.28. The average molecular weight is 308 g/mol. The maximum atomic E-state index is 11.8. The first kappa shape index (κ1) is 13.8. The standard InChI is InChI=1S/C16H16N6O/c1-11-2-5-15(23)22(20-11)10-12-8-21(9-12)14-4-3-13-16(19-14)18-7-6-17-13/h2-7,12H,8-10H2,1H3. The molecule has 7 heteroatoms. The van der Waals surface area contributed by atoms with Crippen LogP contribution in [0.25, 0.3) is 11.2 Å². The van der Waals surface area contributed by atoms with E-state index in [0.717, 1.165) is 30.1 Å². The number of hydrogen-bond acceptors (Lipinski definition) is 6. The second-order valence-corrected chi connectivity index (χ2v) is 5.83. The molecule has 7 nitrogen and oxygen atoms in total. The predicted octanol–water partition coefficient (Wildman–Crippen LogP) is 1.03. The van der Waals surface area contributed by atoms with Crippen molar-refractivity contribution in [3.05, 3.63) is 52.7 Å². The summed E-state index contributed by atoms with van der Waals surface area (Å²) in [4.78, 5) is 27.0. The van der Waals surface area contributed by atoms with Crippen molar-refractivity contribution in [3.8, 4) is 0 Å². The zero-order valence-corrected chi connectivity index (χ0v) is 12.8. The number of pyridine rings is 1. The van der Waals surface area contributed by atoms with Gasteiger partial charge >= 0.3 is 0 Å². The van der Waals surface area contributed by atoms with Crippen molar-refractivity contribution >= 4 is 17.0 Å². The van der Waals surface area contributed by atoms with Crippen LogP contribution >= 0.6 is 0 Å². The number of rotatable bonds is 3. The third-order valence-corrected chi connectivity index (χ3v) is 4.03. The number of aromatic nitrogens is 5. The Hall–Kier alpha value is -2.83. The monoisotopic (exact) mass is 308 g/mol. The fourth-order valence-electron chi connectivity index (χ4n) is 2.82. The Labute approximate surface area is 132 Å². The maximum Gasteiger partial charge on any atom is 0.266 e. The van der Waals surface area contributed by atoms with Gasteiger partial charge in [0.25, 0.3) is 5.56 Å². The Morgan fingerprint density at radius 3 is 2.83 bits per heavy atom. The minimum atomic E-state index is -0.0480. The van der Waals surface area contributed by atoms with Crippen LogP contribution in [0, 0.1) is 12.8 Å². The lowest BCUT2D eigenvalue weighted by Crippen LogP contribution is -2.50. The van der Waals surface area contributed by atoms with Crippen LogP contribution in [0.5, 0.6) is 0 Å². The van der Waals surface area contributed by atoms with E-state index in [1.54, 1.807) is 29.2 Å². The van der Waals surface area contributed by atoms with Crippen LogP contribution in [0.3, 0.4) is 0 Å². The molecule has 0 N–H and O–H groups in total. The molecule has 0 amide bonds. The second kappa shape index (κ2) is 5.42. The van der Waals surface area contributed by atoms with Gasteiger partial charge in [-0.25, -0.2) is 14.6 Å². The van der Waals surface area contributed by atoms with Gasteiger partial charge < -0.3 is 4.90 Å². The van der Waals surface area contributed by atoms with Crippen LogP contribution in [0.2, 0.25) is 0 Å². The Morgan fingerprint density at radius 1 is 1.13 bits per heavy atom. The normalized spacial score (nSPS) is 14.9. The molecule has 1 saturated heterocycles. The molecule has 23 heavy (non-hydrogen) atoms. The molecular weight excluding hydrogens is 292 g/mol. The summed E-state index contributed by atoms with van der Waals surface area (Å²) in [5, 5.41) is 4.28. The van der Waals surface area contributed by atoms with Crippen LogP contribution in [-0.4, -0.2) is 37.8 Å². The van der Waals surface area contributed by atoms with Crippen molar-refractivity contribution in [3.63, 3.8) is 0 Å². The topological polar surface area (TPSA) is 76.8 Å². The number of anilines is 1. The lowest BCUT2D eigenvalue weighted by molar-refractivity contribution is 0.332. The van der Waals surface area contributed by atoms with Gasteiger partial charge in [0, 0.05) is 37.5 Å². The molecule has 4 rings (SSSR count). The first-order valence-corrected chi connectivity index (χ1v) is 7.56. The van der Waals surface area contributed by atoms with E-state index in [2.05, 4.69) is 25.0 Å². The quantitative estimate of drug-likeness (QED) is 0.719. The average Bonchev–Trinajstić information content (AvgIpc) is 2.53. The van der Waals surface area contributed by atoms with Crippen LogP contribution in [0.1, 0.15) is 5.69 Å². The van der Waals surface area contributed by atoms with Crippen molar-refractivity contribution in [2.45, 2.75) is 13.5 Å². The molecule has 4 heterocycles. The van der Waals surface area contributed by atoms with E-state index in [0.29, 0.717) is 18.1 Å². The van der Waals surface area contributed by atoms with Crippen molar-refractivity contribution < 1.29 is 0 Å². The van der Waals surface area contributed by atoms with E-state index in [1.807, 2.05) is 19.1 Å². The highest BCUT2D eigenvalue weighted by Crippen LogP contribution is 2.24. The Bertz CT molecular complexity index is 916. The third kappa shape index (κ3) is 2.65. The summed E-state index contributed by atoms with van der Waals surface area (Å²) in [6.45, 7) is 4.26. The Morgan fingerprint density at radius 2 is 1.96 bits per heavy atom. The molecule has 0 bridgehead atoms. The molecule has 0 spiro atoms. The van der Waals surface area contributed by atoms with Gasteiger partial charge in [-0.15, -0.1) is 0 Å². The molecule has 1 aliphatic heterocycles. The molecule has 0 radical (unpaired) electrons. The number of fused-ring (bicyclic) bond motifs is 1. The molecule has 1 fully saturated rings. The van der Waals surface area contributed by atoms with Gasteiger partial charge in [-0.05, 0) is 25.1 Å². The molecule has 1 aliphatic rings. The van der Waals surface area contributed by atoms with Gasteiger partial charge in [-0.2, -0.15) is 5.10 Å². The minimum Gasteiger partial charge on any atom is -0.356 e. The number of hydrogen-bond donors (Lipinski definition) is 0. The van der Waals surface area contributed by atoms with Crippen molar-refractivity contribution in [1.82, 2.24) is 24.7 Å². The Balaban J connectivity index is 1.46.